The normalized spacial score (nSPS) is 19.5. The Morgan fingerprint density at radius 2 is 2.37 bits per heavy atom. The average molecular weight is 265 g/mol. The summed E-state index contributed by atoms with van der Waals surface area (Å²) in [6.45, 7) is 4.51. The Kier molecular flexibility index (Phi) is 4.91. The van der Waals surface area contributed by atoms with Crippen molar-refractivity contribution >= 4 is 12.0 Å². The van der Waals surface area contributed by atoms with E-state index in [4.69, 9.17) is 4.74 Å². The van der Waals surface area contributed by atoms with Crippen LogP contribution in [0.15, 0.2) is 18.2 Å². The lowest BCUT2D eigenvalue weighted by Gasteiger charge is -2.35. The van der Waals surface area contributed by atoms with Crippen molar-refractivity contribution in [3.63, 3.8) is 0 Å². The molecule has 0 aromatic heterocycles. The predicted octanol–water partition coefficient (Wildman–Crippen LogP) is 3.03. The standard InChI is InChI=1S/C15H20FNO2/c1-2-8-19-14-4-3-7-17(10-14)15-6-5-13(16)9-12(15)11-18/h5-6,9,11,14H,2-4,7-8,10H2,1H3. The molecule has 0 aliphatic carbocycles. The van der Waals surface area contributed by atoms with E-state index >= 15 is 0 Å². The first-order chi connectivity index (χ1) is 9.24. The first kappa shape index (κ1) is 14.0. The van der Waals surface area contributed by atoms with Gasteiger partial charge in [0, 0.05) is 30.9 Å². The van der Waals surface area contributed by atoms with Crippen LogP contribution in [0.25, 0.3) is 0 Å². The summed E-state index contributed by atoms with van der Waals surface area (Å²) in [6, 6.07) is 4.37. The molecule has 2 rings (SSSR count). The van der Waals surface area contributed by atoms with Gasteiger partial charge in [-0.3, -0.25) is 4.79 Å². The van der Waals surface area contributed by atoms with Gasteiger partial charge in [-0.1, -0.05) is 6.92 Å². The fourth-order valence-electron chi connectivity index (χ4n) is 2.49. The lowest BCUT2D eigenvalue weighted by Crippen LogP contribution is -2.40. The third kappa shape index (κ3) is 3.53. The first-order valence-electron chi connectivity index (χ1n) is 6.86. The topological polar surface area (TPSA) is 29.5 Å². The van der Waals surface area contributed by atoms with Gasteiger partial charge < -0.3 is 9.64 Å². The molecule has 1 unspecified atom stereocenters. The number of anilines is 1. The number of hydrogen-bond acceptors (Lipinski definition) is 3. The molecule has 1 heterocycles. The predicted molar refractivity (Wildman–Crippen MR) is 73.3 cm³/mol. The molecular weight excluding hydrogens is 245 g/mol. The lowest BCUT2D eigenvalue weighted by molar-refractivity contribution is 0.0440. The second kappa shape index (κ2) is 6.66. The monoisotopic (exact) mass is 265 g/mol. The fraction of sp³-hybridized carbons (Fsp3) is 0.533. The second-order valence-electron chi connectivity index (χ2n) is 4.90. The zero-order valence-electron chi connectivity index (χ0n) is 11.3. The molecule has 19 heavy (non-hydrogen) atoms. The third-order valence-corrected chi connectivity index (χ3v) is 3.39. The summed E-state index contributed by atoms with van der Waals surface area (Å²) in [7, 11) is 0. The van der Waals surface area contributed by atoms with Crippen LogP contribution in [0.1, 0.15) is 36.5 Å². The highest BCUT2D eigenvalue weighted by molar-refractivity contribution is 5.84. The number of hydrogen-bond donors (Lipinski definition) is 0. The van der Waals surface area contributed by atoms with Crippen LogP contribution in [-0.2, 0) is 4.74 Å². The third-order valence-electron chi connectivity index (χ3n) is 3.39. The van der Waals surface area contributed by atoms with E-state index in [1.807, 2.05) is 0 Å². The van der Waals surface area contributed by atoms with Gasteiger partial charge in [0.25, 0.3) is 0 Å². The zero-order valence-corrected chi connectivity index (χ0v) is 11.3. The number of benzene rings is 1. The maximum atomic E-state index is 13.1. The highest BCUT2D eigenvalue weighted by Crippen LogP contribution is 2.25. The molecule has 1 atom stereocenters. The van der Waals surface area contributed by atoms with Crippen LogP contribution in [-0.4, -0.2) is 32.1 Å². The Bertz CT molecular complexity index is 436. The van der Waals surface area contributed by atoms with Crippen molar-refractivity contribution in [1.29, 1.82) is 0 Å². The number of nitrogens with zero attached hydrogens (tertiary/aromatic N) is 1. The maximum absolute atomic E-state index is 13.1. The van der Waals surface area contributed by atoms with E-state index in [9.17, 15) is 9.18 Å². The second-order valence-corrected chi connectivity index (χ2v) is 4.90. The Labute approximate surface area is 113 Å². The average Bonchev–Trinajstić information content (AvgIpc) is 2.45. The Morgan fingerprint density at radius 3 is 3.11 bits per heavy atom. The first-order valence-corrected chi connectivity index (χ1v) is 6.86. The highest BCUT2D eigenvalue weighted by Gasteiger charge is 2.22. The van der Waals surface area contributed by atoms with Crippen molar-refractivity contribution in [3.8, 4) is 0 Å². The van der Waals surface area contributed by atoms with Crippen molar-refractivity contribution in [1.82, 2.24) is 0 Å². The molecule has 1 fully saturated rings. The molecule has 0 N–H and O–H groups in total. The molecule has 104 valence electrons. The van der Waals surface area contributed by atoms with E-state index < -0.39 is 0 Å². The van der Waals surface area contributed by atoms with E-state index in [-0.39, 0.29) is 11.9 Å². The fourth-order valence-corrected chi connectivity index (χ4v) is 2.49. The van der Waals surface area contributed by atoms with Crippen molar-refractivity contribution in [2.24, 2.45) is 0 Å². The molecule has 0 amide bonds. The minimum absolute atomic E-state index is 0.207. The van der Waals surface area contributed by atoms with Crippen LogP contribution in [0.3, 0.4) is 0 Å². The molecular formula is C15H20FNO2. The van der Waals surface area contributed by atoms with Gasteiger partial charge in [-0.15, -0.1) is 0 Å². The number of carbonyl (C=O) groups excluding carboxylic acids is 1. The van der Waals surface area contributed by atoms with Gasteiger partial charge in [0.05, 0.1) is 6.10 Å². The highest BCUT2D eigenvalue weighted by atomic mass is 19.1. The maximum Gasteiger partial charge on any atom is 0.152 e. The van der Waals surface area contributed by atoms with Crippen LogP contribution < -0.4 is 4.90 Å². The zero-order chi connectivity index (χ0) is 13.7. The summed E-state index contributed by atoms with van der Waals surface area (Å²) in [6.07, 6.45) is 4.01. The number of carbonyl (C=O) groups is 1. The summed E-state index contributed by atoms with van der Waals surface area (Å²) >= 11 is 0. The number of rotatable bonds is 5. The quantitative estimate of drug-likeness (QED) is 0.766. The SMILES string of the molecule is CCCOC1CCCN(c2ccc(F)cc2C=O)C1. The van der Waals surface area contributed by atoms with Gasteiger partial charge in [0.1, 0.15) is 5.82 Å². The summed E-state index contributed by atoms with van der Waals surface area (Å²) in [5.41, 5.74) is 1.22. The number of piperidine rings is 1. The Balaban J connectivity index is 2.10. The van der Waals surface area contributed by atoms with Crippen LogP contribution in [0.4, 0.5) is 10.1 Å². The minimum atomic E-state index is -0.373. The molecule has 0 bridgehead atoms. The van der Waals surface area contributed by atoms with Crippen LogP contribution in [0.5, 0.6) is 0 Å². The Morgan fingerprint density at radius 1 is 1.53 bits per heavy atom. The van der Waals surface area contributed by atoms with Gasteiger partial charge in [-0.25, -0.2) is 4.39 Å². The molecule has 1 aromatic carbocycles. The molecule has 0 saturated carbocycles. The van der Waals surface area contributed by atoms with E-state index in [1.165, 1.54) is 12.1 Å². The summed E-state index contributed by atoms with van der Waals surface area (Å²) in [4.78, 5) is 13.2. The Hall–Kier alpha value is -1.42. The minimum Gasteiger partial charge on any atom is -0.376 e. The van der Waals surface area contributed by atoms with Crippen molar-refractivity contribution < 1.29 is 13.9 Å². The van der Waals surface area contributed by atoms with Crippen molar-refractivity contribution in [2.45, 2.75) is 32.3 Å². The molecule has 1 aromatic rings. The van der Waals surface area contributed by atoms with Crippen molar-refractivity contribution in [3.05, 3.63) is 29.6 Å². The molecule has 0 radical (unpaired) electrons. The number of ether oxygens (including phenoxy) is 1. The largest absolute Gasteiger partial charge is 0.376 e. The molecule has 1 saturated heterocycles. The van der Waals surface area contributed by atoms with Gasteiger partial charge >= 0.3 is 0 Å². The van der Waals surface area contributed by atoms with E-state index in [1.54, 1.807) is 6.07 Å². The van der Waals surface area contributed by atoms with E-state index in [0.29, 0.717) is 5.56 Å². The van der Waals surface area contributed by atoms with Crippen LogP contribution in [0, 0.1) is 5.82 Å². The molecule has 1 aliphatic heterocycles. The smallest absolute Gasteiger partial charge is 0.152 e. The number of aldehydes is 1. The van der Waals surface area contributed by atoms with E-state index in [0.717, 1.165) is 50.9 Å². The van der Waals surface area contributed by atoms with E-state index in [2.05, 4.69) is 11.8 Å². The molecule has 4 heteroatoms. The summed E-state index contributed by atoms with van der Waals surface area (Å²) < 4.78 is 18.9. The van der Waals surface area contributed by atoms with Crippen LogP contribution >= 0.6 is 0 Å². The summed E-state index contributed by atoms with van der Waals surface area (Å²) in [5.74, 6) is -0.373. The molecule has 0 spiro atoms. The van der Waals surface area contributed by atoms with Gasteiger partial charge in [-0.05, 0) is 37.5 Å². The molecule has 1 aliphatic rings. The molecule has 3 nitrogen and oxygen atoms in total. The lowest BCUT2D eigenvalue weighted by atomic mass is 10.1. The van der Waals surface area contributed by atoms with Crippen LogP contribution in [0.2, 0.25) is 0 Å². The van der Waals surface area contributed by atoms with Gasteiger partial charge in [0.15, 0.2) is 6.29 Å². The van der Waals surface area contributed by atoms with Gasteiger partial charge in [-0.2, -0.15) is 0 Å². The number of halogens is 1. The summed E-state index contributed by atoms with van der Waals surface area (Å²) in [5, 5.41) is 0. The van der Waals surface area contributed by atoms with Gasteiger partial charge in [0.2, 0.25) is 0 Å². The van der Waals surface area contributed by atoms with Crippen molar-refractivity contribution in [2.75, 3.05) is 24.6 Å².